The summed E-state index contributed by atoms with van der Waals surface area (Å²) in [6, 6.07) is 15.5. The zero-order valence-electron chi connectivity index (χ0n) is 30.3. The Morgan fingerprint density at radius 2 is 1.65 bits per heavy atom. The minimum Gasteiger partial charge on any atom is -0.455 e. The number of amides is 3. The number of allylic oxidation sites excluding steroid dienone is 1. The third kappa shape index (κ3) is 6.80. The Hall–Kier alpha value is -4.00. The molecule has 2 saturated heterocycles. The van der Waals surface area contributed by atoms with Crippen LogP contribution >= 0.6 is 15.9 Å². The number of nitrogens with zero attached hydrogens (tertiary/aromatic N) is 4. The highest BCUT2D eigenvalue weighted by atomic mass is 79.9. The molecule has 3 amide bonds. The first kappa shape index (κ1) is 37.7. The fourth-order valence-electron chi connectivity index (χ4n) is 8.20. The number of benzene rings is 2. The zero-order valence-corrected chi connectivity index (χ0v) is 31.9. The van der Waals surface area contributed by atoms with Gasteiger partial charge in [0.1, 0.15) is 29.8 Å². The monoisotopic (exact) mass is 776 g/mol. The highest BCUT2D eigenvalue weighted by Gasteiger charge is 2.75. The van der Waals surface area contributed by atoms with Crippen molar-refractivity contribution >= 4 is 51.0 Å². The molecule has 12 heteroatoms. The van der Waals surface area contributed by atoms with Gasteiger partial charge in [-0.15, -0.1) is 0 Å². The minimum atomic E-state index is -1.43. The first-order valence-electron chi connectivity index (χ1n) is 18.4. The van der Waals surface area contributed by atoms with Crippen LogP contribution in [0.4, 0.5) is 11.4 Å². The van der Waals surface area contributed by atoms with E-state index in [4.69, 9.17) is 9.47 Å². The van der Waals surface area contributed by atoms with Crippen LogP contribution in [0.1, 0.15) is 58.1 Å². The minimum absolute atomic E-state index is 0.0556. The van der Waals surface area contributed by atoms with Crippen molar-refractivity contribution in [3.8, 4) is 0 Å². The number of anilines is 2. The normalized spacial score (nSPS) is 30.0. The second-order valence-corrected chi connectivity index (χ2v) is 14.9. The summed E-state index contributed by atoms with van der Waals surface area (Å²) in [5.74, 6) is -3.50. The van der Waals surface area contributed by atoms with Gasteiger partial charge in [-0.25, -0.2) is 0 Å². The van der Waals surface area contributed by atoms with Crippen LogP contribution in [0.2, 0.25) is 0 Å². The molecule has 6 rings (SSSR count). The molecule has 11 nitrogen and oxygen atoms in total. The molecule has 4 aliphatic heterocycles. The third-order valence-corrected chi connectivity index (χ3v) is 11.8. The third-order valence-electron chi connectivity index (χ3n) is 11.1. The van der Waals surface area contributed by atoms with E-state index in [0.717, 1.165) is 18.8 Å². The van der Waals surface area contributed by atoms with E-state index in [1.165, 1.54) is 0 Å². The van der Waals surface area contributed by atoms with Gasteiger partial charge in [-0.05, 0) is 75.9 Å². The zero-order chi connectivity index (χ0) is 37.2. The number of fused-ring (bicyclic) bond motifs is 2. The lowest BCUT2D eigenvalue weighted by atomic mass is 9.74. The van der Waals surface area contributed by atoms with Crippen LogP contribution in [0, 0.1) is 11.8 Å². The van der Waals surface area contributed by atoms with E-state index in [-0.39, 0.29) is 43.8 Å². The number of cyclic esters (lactones) is 1. The number of carbonyl (C=O) groups excluding carboxylic acids is 4. The molecule has 2 aromatic rings. The molecule has 4 aliphatic rings. The number of likely N-dealkylation sites (N-methyl/N-ethyl adjacent to an activating group) is 1. The number of carbonyl (C=O) groups is 4. The average Bonchev–Trinajstić information content (AvgIpc) is 3.75. The molecule has 278 valence electrons. The number of unbranched alkanes of at least 4 members (excludes halogenated alkanes) is 1. The lowest BCUT2D eigenvalue weighted by molar-refractivity contribution is -0.164. The molecule has 0 saturated carbocycles. The molecule has 1 spiro atoms. The molecule has 0 unspecified atom stereocenters. The Balaban J connectivity index is 1.46. The summed E-state index contributed by atoms with van der Waals surface area (Å²) in [4.78, 5) is 64.8. The van der Waals surface area contributed by atoms with E-state index < -0.39 is 47.7 Å². The summed E-state index contributed by atoms with van der Waals surface area (Å²) in [5, 5.41) is 9.62. The Kier molecular flexibility index (Phi) is 11.6. The molecule has 2 fully saturated rings. The van der Waals surface area contributed by atoms with Crippen LogP contribution in [-0.2, 0) is 28.7 Å². The van der Waals surface area contributed by atoms with Crippen molar-refractivity contribution in [1.29, 1.82) is 0 Å². The number of likely N-dealkylation sites (tertiary alicyclic amines) is 1. The summed E-state index contributed by atoms with van der Waals surface area (Å²) in [6.45, 7) is 8.04. The van der Waals surface area contributed by atoms with Gasteiger partial charge in [-0.3, -0.25) is 19.2 Å². The Morgan fingerprint density at radius 3 is 2.33 bits per heavy atom. The van der Waals surface area contributed by atoms with Gasteiger partial charge in [0.05, 0.1) is 12.0 Å². The first-order valence-corrected chi connectivity index (χ1v) is 19.2. The van der Waals surface area contributed by atoms with Crippen LogP contribution in [0.3, 0.4) is 0 Å². The van der Waals surface area contributed by atoms with Gasteiger partial charge < -0.3 is 34.2 Å². The summed E-state index contributed by atoms with van der Waals surface area (Å²) in [6.07, 6.45) is 5.51. The van der Waals surface area contributed by atoms with Gasteiger partial charge in [0, 0.05) is 62.1 Å². The second kappa shape index (κ2) is 15.9. The summed E-state index contributed by atoms with van der Waals surface area (Å²) in [7, 11) is 1.71. The first-order chi connectivity index (χ1) is 25.1. The van der Waals surface area contributed by atoms with Crippen LogP contribution in [-0.4, -0.2) is 102 Å². The van der Waals surface area contributed by atoms with Crippen molar-refractivity contribution in [2.45, 2.75) is 76.3 Å². The van der Waals surface area contributed by atoms with Gasteiger partial charge >= 0.3 is 5.97 Å². The van der Waals surface area contributed by atoms with Crippen molar-refractivity contribution in [3.05, 3.63) is 82.9 Å². The van der Waals surface area contributed by atoms with E-state index in [0.29, 0.717) is 35.0 Å². The van der Waals surface area contributed by atoms with Crippen LogP contribution in [0.25, 0.3) is 0 Å². The molecule has 0 aromatic heterocycles. The van der Waals surface area contributed by atoms with Crippen LogP contribution in [0.15, 0.2) is 77.3 Å². The predicted molar refractivity (Wildman–Crippen MR) is 202 cm³/mol. The maximum absolute atomic E-state index is 15.1. The number of rotatable bonds is 9. The maximum Gasteiger partial charge on any atom is 0.313 e. The number of hydrogen-bond acceptors (Lipinski definition) is 8. The number of hydrogen-bond donors (Lipinski definition) is 1. The van der Waals surface area contributed by atoms with E-state index in [1.54, 1.807) is 27.8 Å². The number of ether oxygens (including phenoxy) is 2. The smallest absolute Gasteiger partial charge is 0.313 e. The van der Waals surface area contributed by atoms with E-state index in [2.05, 4.69) is 34.7 Å². The fraction of sp³-hybridized carbons (Fsp3) is 0.500. The number of aliphatic hydroxyl groups is 1. The maximum atomic E-state index is 15.1. The number of aliphatic hydroxyl groups excluding tert-OH is 1. The lowest BCUT2D eigenvalue weighted by Crippen LogP contribution is -2.56. The van der Waals surface area contributed by atoms with Crippen LogP contribution < -0.4 is 9.80 Å². The van der Waals surface area contributed by atoms with Gasteiger partial charge in [-0.2, -0.15) is 0 Å². The van der Waals surface area contributed by atoms with Gasteiger partial charge in [-0.1, -0.05) is 58.4 Å². The quantitative estimate of drug-likeness (QED) is 0.215. The SMILES string of the molecule is CCN(CC)c1ccc(N2C/C=C\CCC(=O)N(C)[C@@H](C)[C@H](c3ccccc3)OC(=O)[C@H]3[C@@H]4O[C@@]5(C=C4Br)[C@@H]3C(=O)N(CCCCO)[C@@H]5C2=O)cc1. The molecule has 1 N–H and O–H groups in total. The molecular weight excluding hydrogens is 728 g/mol. The molecule has 0 aliphatic carbocycles. The van der Waals surface area contributed by atoms with Crippen molar-refractivity contribution in [2.75, 3.05) is 49.6 Å². The molecule has 4 heterocycles. The number of halogens is 1. The van der Waals surface area contributed by atoms with Crippen molar-refractivity contribution < 1.29 is 33.8 Å². The van der Waals surface area contributed by atoms with Crippen molar-refractivity contribution in [3.63, 3.8) is 0 Å². The van der Waals surface area contributed by atoms with E-state index in [1.807, 2.05) is 73.7 Å². The van der Waals surface area contributed by atoms with Crippen molar-refractivity contribution in [1.82, 2.24) is 9.80 Å². The van der Waals surface area contributed by atoms with E-state index >= 15 is 4.79 Å². The summed E-state index contributed by atoms with van der Waals surface area (Å²) < 4.78 is 13.6. The Labute approximate surface area is 314 Å². The Morgan fingerprint density at radius 1 is 0.942 bits per heavy atom. The highest BCUT2D eigenvalue weighted by Crippen LogP contribution is 2.59. The van der Waals surface area contributed by atoms with Gasteiger partial charge in [0.25, 0.3) is 5.91 Å². The second-order valence-electron chi connectivity index (χ2n) is 14.0. The number of esters is 1. The topological polar surface area (TPSA) is 120 Å². The summed E-state index contributed by atoms with van der Waals surface area (Å²) >= 11 is 3.64. The molecule has 0 radical (unpaired) electrons. The molecule has 2 aromatic carbocycles. The van der Waals surface area contributed by atoms with Crippen molar-refractivity contribution in [2.24, 2.45) is 11.8 Å². The molecule has 7 atom stereocenters. The average molecular weight is 778 g/mol. The predicted octanol–water partition coefficient (Wildman–Crippen LogP) is 4.99. The fourth-order valence-corrected chi connectivity index (χ4v) is 8.94. The largest absolute Gasteiger partial charge is 0.455 e. The van der Waals surface area contributed by atoms with Crippen LogP contribution in [0.5, 0.6) is 0 Å². The highest BCUT2D eigenvalue weighted by molar-refractivity contribution is 9.11. The Bertz CT molecular complexity index is 1700. The lowest BCUT2D eigenvalue weighted by Gasteiger charge is -2.36. The molecule has 5 bridgehead atoms. The standard InChI is InChI=1S/C40H49BrN4O7/c1-5-43(6-2)28-18-20-29(21-19-28)44-22-12-8-11-17-31(47)42(4)26(3)34(27-15-9-7-10-16-27)51-39(50)32-33-37(48)45(23-13-14-24-46)36(38(44)49)40(33)25-30(41)35(32)52-40/h7-10,12,15-16,18-21,25-26,32-36,46H,5-6,11,13-14,17,22-24H2,1-4H3/b12-8-/t26-,32+,33-,34+,35+,36+,40-/m0/s1. The molecule has 52 heavy (non-hydrogen) atoms. The van der Waals surface area contributed by atoms with Gasteiger partial charge in [0.15, 0.2) is 0 Å². The van der Waals surface area contributed by atoms with Gasteiger partial charge in [0.2, 0.25) is 11.8 Å². The summed E-state index contributed by atoms with van der Waals surface area (Å²) in [5.41, 5.74) is 0.957. The van der Waals surface area contributed by atoms with E-state index in [9.17, 15) is 19.5 Å². The molecular formula is C40H49BrN4O7.